The average Bonchev–Trinajstić information content (AvgIpc) is 2.63. The smallest absolute Gasteiger partial charge is 0.232 e. The van der Waals surface area contributed by atoms with E-state index in [-0.39, 0.29) is 18.9 Å². The van der Waals surface area contributed by atoms with Crippen molar-refractivity contribution in [2.45, 2.75) is 39.5 Å². The number of rotatable bonds is 8. The third kappa shape index (κ3) is 5.37. The van der Waals surface area contributed by atoms with Gasteiger partial charge in [-0.25, -0.2) is 8.42 Å². The Hall–Kier alpha value is -1.76. The SMILES string of the molecule is CCN(CC)c1ccc(N(CCC(=O)N2CCCCC2)S(C)(=O)=O)cc1. The first-order valence-corrected chi connectivity index (χ1v) is 11.3. The van der Waals surface area contributed by atoms with Crippen LogP contribution in [0.4, 0.5) is 11.4 Å². The van der Waals surface area contributed by atoms with Gasteiger partial charge in [-0.2, -0.15) is 0 Å². The molecule has 6 nitrogen and oxygen atoms in total. The van der Waals surface area contributed by atoms with Crippen molar-refractivity contribution in [3.05, 3.63) is 24.3 Å². The van der Waals surface area contributed by atoms with Crippen molar-refractivity contribution >= 4 is 27.3 Å². The minimum atomic E-state index is -3.44. The fraction of sp³-hybridized carbons (Fsp3) is 0.632. The van der Waals surface area contributed by atoms with Crippen molar-refractivity contribution < 1.29 is 13.2 Å². The van der Waals surface area contributed by atoms with E-state index in [1.807, 2.05) is 29.2 Å². The van der Waals surface area contributed by atoms with Gasteiger partial charge in [0, 0.05) is 44.8 Å². The van der Waals surface area contributed by atoms with Gasteiger partial charge in [-0.1, -0.05) is 0 Å². The molecule has 146 valence electrons. The van der Waals surface area contributed by atoms with Crippen LogP contribution in [-0.2, 0) is 14.8 Å². The number of sulfonamides is 1. The molecule has 7 heteroatoms. The zero-order valence-corrected chi connectivity index (χ0v) is 17.0. The number of hydrogen-bond acceptors (Lipinski definition) is 4. The van der Waals surface area contributed by atoms with Crippen LogP contribution in [0.2, 0.25) is 0 Å². The summed E-state index contributed by atoms with van der Waals surface area (Å²) in [6, 6.07) is 7.51. The average molecular weight is 382 g/mol. The lowest BCUT2D eigenvalue weighted by atomic mass is 10.1. The van der Waals surface area contributed by atoms with Gasteiger partial charge in [0.2, 0.25) is 15.9 Å². The van der Waals surface area contributed by atoms with Crippen LogP contribution in [0.1, 0.15) is 39.5 Å². The number of benzene rings is 1. The molecule has 0 N–H and O–H groups in total. The Labute approximate surface area is 157 Å². The summed E-state index contributed by atoms with van der Waals surface area (Å²) in [4.78, 5) is 16.4. The van der Waals surface area contributed by atoms with Crippen molar-refractivity contribution in [2.24, 2.45) is 0 Å². The van der Waals surface area contributed by atoms with Crippen molar-refractivity contribution in [3.8, 4) is 0 Å². The molecule has 0 radical (unpaired) electrons. The van der Waals surface area contributed by atoms with E-state index < -0.39 is 10.0 Å². The highest BCUT2D eigenvalue weighted by atomic mass is 32.2. The highest BCUT2D eigenvalue weighted by molar-refractivity contribution is 7.92. The zero-order valence-electron chi connectivity index (χ0n) is 16.1. The maximum absolute atomic E-state index is 12.4. The van der Waals surface area contributed by atoms with E-state index in [9.17, 15) is 13.2 Å². The van der Waals surface area contributed by atoms with Crippen LogP contribution in [0.25, 0.3) is 0 Å². The Balaban J connectivity index is 2.08. The lowest BCUT2D eigenvalue weighted by molar-refractivity contribution is -0.131. The topological polar surface area (TPSA) is 60.9 Å². The van der Waals surface area contributed by atoms with Crippen molar-refractivity contribution in [1.82, 2.24) is 4.90 Å². The standard InChI is InChI=1S/C19H31N3O3S/c1-4-20(5-2)17-9-11-18(12-10-17)22(26(3,24)25)16-13-19(23)21-14-7-6-8-15-21/h9-12H,4-8,13-16H2,1-3H3. The lowest BCUT2D eigenvalue weighted by Crippen LogP contribution is -2.39. The van der Waals surface area contributed by atoms with Gasteiger partial charge in [-0.15, -0.1) is 0 Å². The molecular formula is C19H31N3O3S. The number of anilines is 2. The van der Waals surface area contributed by atoms with Gasteiger partial charge in [0.25, 0.3) is 0 Å². The Morgan fingerprint density at radius 2 is 1.54 bits per heavy atom. The van der Waals surface area contributed by atoms with Crippen LogP contribution in [0, 0.1) is 0 Å². The molecule has 0 aromatic heterocycles. The molecule has 0 atom stereocenters. The van der Waals surface area contributed by atoms with E-state index in [1.54, 1.807) is 0 Å². The molecular weight excluding hydrogens is 350 g/mol. The van der Waals surface area contributed by atoms with E-state index in [0.29, 0.717) is 5.69 Å². The van der Waals surface area contributed by atoms with Gasteiger partial charge >= 0.3 is 0 Å². The summed E-state index contributed by atoms with van der Waals surface area (Å²) < 4.78 is 25.8. The number of nitrogens with zero attached hydrogens (tertiary/aromatic N) is 3. The molecule has 1 aliphatic rings. The van der Waals surface area contributed by atoms with E-state index in [1.165, 1.54) is 10.6 Å². The number of carbonyl (C=O) groups excluding carboxylic acids is 1. The molecule has 2 rings (SSSR count). The first kappa shape index (κ1) is 20.6. The number of carbonyl (C=O) groups is 1. The monoisotopic (exact) mass is 381 g/mol. The zero-order chi connectivity index (χ0) is 19.2. The van der Waals surface area contributed by atoms with Gasteiger partial charge in [-0.05, 0) is 57.4 Å². The number of piperidine rings is 1. The highest BCUT2D eigenvalue weighted by Gasteiger charge is 2.22. The highest BCUT2D eigenvalue weighted by Crippen LogP contribution is 2.23. The molecule has 0 saturated carbocycles. The van der Waals surface area contributed by atoms with E-state index in [2.05, 4.69) is 18.7 Å². The van der Waals surface area contributed by atoms with Crippen LogP contribution in [0.5, 0.6) is 0 Å². The summed E-state index contributed by atoms with van der Waals surface area (Å²) in [5.41, 5.74) is 1.67. The van der Waals surface area contributed by atoms with Crippen LogP contribution in [0.3, 0.4) is 0 Å². The summed E-state index contributed by atoms with van der Waals surface area (Å²) in [6.07, 6.45) is 4.64. The molecule has 1 saturated heterocycles. The summed E-state index contributed by atoms with van der Waals surface area (Å²) >= 11 is 0. The summed E-state index contributed by atoms with van der Waals surface area (Å²) in [5, 5.41) is 0. The predicted molar refractivity (Wildman–Crippen MR) is 107 cm³/mol. The molecule has 0 spiro atoms. The summed E-state index contributed by atoms with van der Waals surface area (Å²) in [6.45, 7) is 7.73. The molecule has 1 aromatic rings. The Morgan fingerprint density at radius 3 is 2.04 bits per heavy atom. The fourth-order valence-electron chi connectivity index (χ4n) is 3.40. The molecule has 1 aliphatic heterocycles. The molecule has 1 aromatic carbocycles. The van der Waals surface area contributed by atoms with Crippen LogP contribution in [-0.4, -0.2) is 58.2 Å². The number of likely N-dealkylation sites (tertiary alicyclic amines) is 1. The first-order valence-electron chi connectivity index (χ1n) is 9.47. The molecule has 1 heterocycles. The van der Waals surface area contributed by atoms with E-state index in [4.69, 9.17) is 0 Å². The van der Waals surface area contributed by atoms with Crippen molar-refractivity contribution in [2.75, 3.05) is 48.2 Å². The minimum absolute atomic E-state index is 0.0399. The third-order valence-corrected chi connectivity index (χ3v) is 6.10. The van der Waals surface area contributed by atoms with E-state index in [0.717, 1.165) is 51.1 Å². The second-order valence-electron chi connectivity index (χ2n) is 6.72. The minimum Gasteiger partial charge on any atom is -0.372 e. The first-order chi connectivity index (χ1) is 12.4. The molecule has 0 bridgehead atoms. The van der Waals surface area contributed by atoms with Crippen LogP contribution < -0.4 is 9.21 Å². The van der Waals surface area contributed by atoms with Crippen LogP contribution in [0.15, 0.2) is 24.3 Å². The summed E-state index contributed by atoms with van der Waals surface area (Å²) in [5.74, 6) is 0.0399. The maximum Gasteiger partial charge on any atom is 0.232 e. The van der Waals surface area contributed by atoms with E-state index >= 15 is 0 Å². The Kier molecular flexibility index (Phi) is 7.32. The van der Waals surface area contributed by atoms with Gasteiger partial charge in [0.05, 0.1) is 11.9 Å². The normalized spacial score (nSPS) is 15.0. The summed E-state index contributed by atoms with van der Waals surface area (Å²) in [7, 11) is -3.44. The molecule has 26 heavy (non-hydrogen) atoms. The Morgan fingerprint density at radius 1 is 1.00 bits per heavy atom. The quantitative estimate of drug-likeness (QED) is 0.695. The van der Waals surface area contributed by atoms with Gasteiger partial charge < -0.3 is 9.80 Å². The van der Waals surface area contributed by atoms with Crippen molar-refractivity contribution in [1.29, 1.82) is 0 Å². The van der Waals surface area contributed by atoms with Gasteiger partial charge in [0.1, 0.15) is 0 Å². The predicted octanol–water partition coefficient (Wildman–Crippen LogP) is 2.70. The second-order valence-corrected chi connectivity index (χ2v) is 8.62. The second kappa shape index (κ2) is 9.26. The van der Waals surface area contributed by atoms with Gasteiger partial charge in [-0.3, -0.25) is 9.10 Å². The lowest BCUT2D eigenvalue weighted by Gasteiger charge is -2.29. The van der Waals surface area contributed by atoms with Crippen molar-refractivity contribution in [3.63, 3.8) is 0 Å². The molecule has 1 amide bonds. The Bertz CT molecular complexity index is 678. The van der Waals surface area contributed by atoms with Gasteiger partial charge in [0.15, 0.2) is 0 Å². The molecule has 0 aliphatic carbocycles. The molecule has 0 unspecified atom stereocenters. The van der Waals surface area contributed by atoms with Crippen LogP contribution >= 0.6 is 0 Å². The number of amides is 1. The largest absolute Gasteiger partial charge is 0.372 e. The maximum atomic E-state index is 12.4. The fourth-order valence-corrected chi connectivity index (χ4v) is 4.33. The number of hydrogen-bond donors (Lipinski definition) is 0. The molecule has 1 fully saturated rings. The third-order valence-electron chi connectivity index (χ3n) is 4.90.